The van der Waals surface area contributed by atoms with E-state index in [0.29, 0.717) is 60.7 Å². The first kappa shape index (κ1) is 27.3. The molecule has 4 rings (SSSR count). The third-order valence-electron chi connectivity index (χ3n) is 7.26. The van der Waals surface area contributed by atoms with Crippen molar-refractivity contribution < 1.29 is 23.8 Å². The van der Waals surface area contributed by atoms with Crippen molar-refractivity contribution >= 4 is 17.5 Å². The van der Waals surface area contributed by atoms with Crippen molar-refractivity contribution in [3.63, 3.8) is 0 Å². The summed E-state index contributed by atoms with van der Waals surface area (Å²) in [5, 5.41) is 6.24. The van der Waals surface area contributed by atoms with Crippen LogP contribution >= 0.6 is 0 Å². The lowest BCUT2D eigenvalue weighted by atomic mass is 9.95. The summed E-state index contributed by atoms with van der Waals surface area (Å²) in [7, 11) is 4.71. The average Bonchev–Trinajstić information content (AvgIpc) is 3.35. The summed E-state index contributed by atoms with van der Waals surface area (Å²) in [6, 6.07) is 6.82. The maximum absolute atomic E-state index is 13.3. The molecule has 2 aromatic carbocycles. The number of nitrogens with zero attached hydrogens (tertiary/aromatic N) is 1. The maximum atomic E-state index is 13.3. The van der Waals surface area contributed by atoms with Crippen LogP contribution in [0.3, 0.4) is 0 Å². The van der Waals surface area contributed by atoms with Gasteiger partial charge in [-0.15, -0.1) is 0 Å². The number of methoxy groups -OCH3 is 3. The molecule has 38 heavy (non-hydrogen) atoms. The number of amides is 2. The van der Waals surface area contributed by atoms with Crippen LogP contribution < -0.4 is 30.3 Å². The van der Waals surface area contributed by atoms with E-state index in [2.05, 4.69) is 10.6 Å². The molecule has 0 bridgehead atoms. The summed E-state index contributed by atoms with van der Waals surface area (Å²) >= 11 is 0. The van der Waals surface area contributed by atoms with Crippen molar-refractivity contribution in [3.8, 4) is 28.4 Å². The molecule has 1 aliphatic heterocycles. The molecule has 2 aliphatic rings. The zero-order valence-corrected chi connectivity index (χ0v) is 22.6. The molecule has 1 heterocycles. The van der Waals surface area contributed by atoms with Crippen molar-refractivity contribution in [1.29, 1.82) is 0 Å². The van der Waals surface area contributed by atoms with E-state index >= 15 is 0 Å². The lowest BCUT2D eigenvalue weighted by Gasteiger charge is -2.19. The minimum Gasteiger partial charge on any atom is -0.493 e. The van der Waals surface area contributed by atoms with E-state index in [1.807, 2.05) is 17.0 Å². The van der Waals surface area contributed by atoms with Gasteiger partial charge in [-0.05, 0) is 67.0 Å². The Kier molecular flexibility index (Phi) is 8.76. The second kappa shape index (κ2) is 12.2. The first-order chi connectivity index (χ1) is 18.4. The van der Waals surface area contributed by atoms with E-state index in [0.717, 1.165) is 42.6 Å². The Morgan fingerprint density at radius 2 is 1.76 bits per heavy atom. The number of anilines is 1. The van der Waals surface area contributed by atoms with Crippen LogP contribution in [0.15, 0.2) is 29.1 Å². The first-order valence-corrected chi connectivity index (χ1v) is 13.2. The zero-order chi connectivity index (χ0) is 27.2. The van der Waals surface area contributed by atoms with E-state index in [4.69, 9.17) is 14.2 Å². The van der Waals surface area contributed by atoms with Crippen LogP contribution in [0.1, 0.15) is 56.2 Å². The highest BCUT2D eigenvalue weighted by Crippen LogP contribution is 2.50. The molecule has 204 valence electrons. The fourth-order valence-corrected chi connectivity index (χ4v) is 5.44. The van der Waals surface area contributed by atoms with Crippen molar-refractivity contribution in [1.82, 2.24) is 10.2 Å². The molecular weight excluding hydrogens is 486 g/mol. The van der Waals surface area contributed by atoms with E-state index in [9.17, 15) is 14.4 Å². The minimum absolute atomic E-state index is 0.170. The Bertz CT molecular complexity index is 1260. The largest absolute Gasteiger partial charge is 0.493 e. The van der Waals surface area contributed by atoms with Crippen molar-refractivity contribution in [2.24, 2.45) is 0 Å². The molecule has 1 aliphatic carbocycles. The van der Waals surface area contributed by atoms with Gasteiger partial charge in [0.25, 0.3) is 0 Å². The van der Waals surface area contributed by atoms with Crippen LogP contribution in [0.2, 0.25) is 0 Å². The molecule has 0 radical (unpaired) electrons. The van der Waals surface area contributed by atoms with E-state index in [1.54, 1.807) is 33.5 Å². The van der Waals surface area contributed by atoms with Gasteiger partial charge >= 0.3 is 0 Å². The van der Waals surface area contributed by atoms with Gasteiger partial charge in [0.2, 0.25) is 23.0 Å². The van der Waals surface area contributed by atoms with Crippen LogP contribution in [-0.4, -0.2) is 57.7 Å². The Hall–Kier alpha value is -3.75. The molecule has 0 spiro atoms. The summed E-state index contributed by atoms with van der Waals surface area (Å²) in [5.74, 6) is 1.53. The topological polar surface area (TPSA) is 106 Å². The van der Waals surface area contributed by atoms with Crippen molar-refractivity contribution in [2.75, 3.05) is 46.3 Å². The lowest BCUT2D eigenvalue weighted by Crippen LogP contribution is -2.27. The number of likely N-dealkylation sites (tertiary alicyclic amines) is 1. The second-order valence-corrected chi connectivity index (χ2v) is 9.71. The van der Waals surface area contributed by atoms with Gasteiger partial charge in [-0.3, -0.25) is 14.4 Å². The number of benzene rings is 1. The fraction of sp³-hybridized carbons (Fsp3) is 0.483. The molecule has 2 amide bonds. The number of nitrogens with one attached hydrogen (secondary N) is 2. The Morgan fingerprint density at radius 3 is 2.42 bits per heavy atom. The van der Waals surface area contributed by atoms with E-state index in [-0.39, 0.29) is 23.3 Å². The fourth-order valence-electron chi connectivity index (χ4n) is 5.44. The highest BCUT2D eigenvalue weighted by atomic mass is 16.5. The van der Waals surface area contributed by atoms with Crippen molar-refractivity contribution in [2.45, 2.75) is 51.5 Å². The smallest absolute Gasteiger partial charge is 0.222 e. The van der Waals surface area contributed by atoms with Crippen LogP contribution in [0.4, 0.5) is 5.69 Å². The van der Waals surface area contributed by atoms with Gasteiger partial charge in [-0.1, -0.05) is 6.07 Å². The number of hydrogen-bond donors (Lipinski definition) is 2. The summed E-state index contributed by atoms with van der Waals surface area (Å²) in [5.41, 5.74) is 3.53. The molecule has 1 atom stereocenters. The highest BCUT2D eigenvalue weighted by Gasteiger charge is 2.29. The molecular formula is C29H37N3O6. The predicted octanol–water partition coefficient (Wildman–Crippen LogP) is 3.68. The van der Waals surface area contributed by atoms with Gasteiger partial charge in [0.15, 0.2) is 11.5 Å². The Balaban J connectivity index is 1.71. The Morgan fingerprint density at radius 1 is 1.03 bits per heavy atom. The molecule has 0 saturated carbocycles. The number of aryl methyl sites for hydroxylation is 1. The van der Waals surface area contributed by atoms with Gasteiger partial charge < -0.3 is 29.7 Å². The predicted molar refractivity (Wildman–Crippen MR) is 146 cm³/mol. The molecule has 2 aromatic rings. The van der Waals surface area contributed by atoms with Crippen molar-refractivity contribution in [3.05, 3.63) is 45.6 Å². The van der Waals surface area contributed by atoms with Gasteiger partial charge in [-0.2, -0.15) is 0 Å². The van der Waals surface area contributed by atoms with Gasteiger partial charge in [0.1, 0.15) is 0 Å². The Labute approximate surface area is 223 Å². The van der Waals surface area contributed by atoms with Gasteiger partial charge in [0.05, 0.1) is 33.1 Å². The summed E-state index contributed by atoms with van der Waals surface area (Å²) in [4.78, 5) is 39.7. The number of carbonyl (C=O) groups excluding carboxylic acids is 2. The zero-order valence-electron chi connectivity index (χ0n) is 22.6. The molecule has 1 saturated heterocycles. The van der Waals surface area contributed by atoms with Gasteiger partial charge in [-0.25, -0.2) is 0 Å². The molecule has 9 nitrogen and oxygen atoms in total. The van der Waals surface area contributed by atoms with Crippen LogP contribution in [0.5, 0.6) is 17.2 Å². The number of hydrogen-bond acceptors (Lipinski definition) is 7. The van der Waals surface area contributed by atoms with Crippen LogP contribution in [0, 0.1) is 0 Å². The third kappa shape index (κ3) is 5.71. The van der Waals surface area contributed by atoms with Crippen LogP contribution in [0.25, 0.3) is 11.1 Å². The second-order valence-electron chi connectivity index (χ2n) is 9.71. The number of rotatable bonds is 9. The number of ether oxygens (including phenoxy) is 3. The minimum atomic E-state index is -0.359. The maximum Gasteiger partial charge on any atom is 0.222 e. The lowest BCUT2D eigenvalue weighted by molar-refractivity contribution is -0.130. The number of carbonyl (C=O) groups is 2. The molecule has 1 fully saturated rings. The monoisotopic (exact) mass is 523 g/mol. The average molecular weight is 524 g/mol. The molecule has 9 heteroatoms. The molecule has 2 N–H and O–H groups in total. The standard InChI is InChI=1S/C29H37N3O6/c1-18(33)31-22-11-9-19-16-25(36-2)28(37-3)29(38-4)27(19)20-10-12-23(24(34)17-21(20)22)30-13-7-8-26(35)32-14-5-6-15-32/h10,12,16-17,22H,5-9,11,13-15H2,1-4H3,(H,30,34)(H,31,33)/t22-/m0/s1. The normalized spacial score (nSPS) is 16.1. The highest BCUT2D eigenvalue weighted by molar-refractivity contribution is 5.83. The van der Waals surface area contributed by atoms with E-state index in [1.165, 1.54) is 6.92 Å². The SMILES string of the molecule is COc1cc2c(c(OC)c1OC)-c1ccc(NCCCC(=O)N3CCCC3)c(=O)cc1[C@@H](NC(C)=O)CC2. The number of fused-ring (bicyclic) bond motifs is 3. The van der Waals surface area contributed by atoms with Crippen LogP contribution in [-0.2, 0) is 16.0 Å². The summed E-state index contributed by atoms with van der Waals surface area (Å²) in [6.45, 7) is 3.66. The van der Waals surface area contributed by atoms with Gasteiger partial charge in [0, 0.05) is 38.5 Å². The molecule has 0 aromatic heterocycles. The summed E-state index contributed by atoms with van der Waals surface area (Å²) in [6.07, 6.45) is 4.47. The third-order valence-corrected chi connectivity index (χ3v) is 7.26. The quantitative estimate of drug-likeness (QED) is 0.483. The first-order valence-electron chi connectivity index (χ1n) is 13.2. The molecule has 0 unspecified atom stereocenters. The summed E-state index contributed by atoms with van der Waals surface area (Å²) < 4.78 is 17.0. The van der Waals surface area contributed by atoms with E-state index < -0.39 is 0 Å².